The summed E-state index contributed by atoms with van der Waals surface area (Å²) in [6, 6.07) is 11.7. The predicted molar refractivity (Wildman–Crippen MR) is 99.5 cm³/mol. The molecule has 0 N–H and O–H groups in total. The van der Waals surface area contributed by atoms with Crippen LogP contribution in [0.1, 0.15) is 30.5 Å². The van der Waals surface area contributed by atoms with E-state index in [0.717, 1.165) is 42.1 Å². The molecule has 1 saturated heterocycles. The predicted octanol–water partition coefficient (Wildman–Crippen LogP) is 2.95. The Kier molecular flexibility index (Phi) is 5.53. The maximum absolute atomic E-state index is 12.6. The summed E-state index contributed by atoms with van der Waals surface area (Å²) in [6.07, 6.45) is 5.00. The molecule has 1 aromatic heterocycles. The molecule has 0 spiro atoms. The molecule has 6 nitrogen and oxygen atoms in total. The lowest BCUT2D eigenvalue weighted by molar-refractivity contribution is -0.135. The molecule has 2 aliphatic rings. The number of benzene rings is 1. The van der Waals surface area contributed by atoms with Crippen molar-refractivity contribution in [1.82, 2.24) is 9.88 Å². The highest BCUT2D eigenvalue weighted by atomic mass is 16.7. The average Bonchev–Trinajstić information content (AvgIpc) is 3.19. The van der Waals surface area contributed by atoms with Crippen LogP contribution in [-0.4, -0.2) is 41.8 Å². The zero-order chi connectivity index (χ0) is 18.5. The minimum atomic E-state index is 0.0789. The van der Waals surface area contributed by atoms with E-state index in [4.69, 9.17) is 14.2 Å². The third kappa shape index (κ3) is 4.57. The number of rotatable bonds is 6. The summed E-state index contributed by atoms with van der Waals surface area (Å²) in [5.74, 6) is 1.72. The SMILES string of the molecule is O=C(CCc1ccc2c(c1)OCO2)N1CCC[C@H](OCc2ccccn2)C1. The zero-order valence-corrected chi connectivity index (χ0v) is 15.3. The number of ether oxygens (including phenoxy) is 3. The molecular weight excluding hydrogens is 344 g/mol. The Morgan fingerprint density at radius 2 is 2.15 bits per heavy atom. The second-order valence-corrected chi connectivity index (χ2v) is 6.92. The molecule has 2 aliphatic heterocycles. The molecule has 142 valence electrons. The van der Waals surface area contributed by atoms with Gasteiger partial charge < -0.3 is 19.1 Å². The summed E-state index contributed by atoms with van der Waals surface area (Å²) in [6.45, 7) is 2.23. The summed E-state index contributed by atoms with van der Waals surface area (Å²) in [4.78, 5) is 18.8. The number of aryl methyl sites for hydroxylation is 1. The first-order chi connectivity index (χ1) is 13.3. The van der Waals surface area contributed by atoms with Gasteiger partial charge in [0.25, 0.3) is 0 Å². The molecule has 1 atom stereocenters. The molecule has 0 bridgehead atoms. The van der Waals surface area contributed by atoms with Gasteiger partial charge in [0.1, 0.15) is 0 Å². The number of carbonyl (C=O) groups excluding carboxylic acids is 1. The van der Waals surface area contributed by atoms with E-state index in [1.165, 1.54) is 0 Å². The molecule has 1 fully saturated rings. The molecule has 4 rings (SSSR count). The first kappa shape index (κ1) is 17.8. The highest BCUT2D eigenvalue weighted by Crippen LogP contribution is 2.32. The third-order valence-electron chi connectivity index (χ3n) is 4.99. The summed E-state index contributed by atoms with van der Waals surface area (Å²) in [7, 11) is 0. The number of hydrogen-bond donors (Lipinski definition) is 0. The number of likely N-dealkylation sites (tertiary alicyclic amines) is 1. The van der Waals surface area contributed by atoms with Gasteiger partial charge >= 0.3 is 0 Å². The molecule has 0 aliphatic carbocycles. The first-order valence-electron chi connectivity index (χ1n) is 9.46. The standard InChI is InChI=1S/C21H24N2O4/c24-21(9-7-16-6-8-19-20(12-16)27-15-26-19)23-11-3-5-18(13-23)25-14-17-4-1-2-10-22-17/h1-2,4,6,8,10,12,18H,3,5,7,9,11,13-15H2/t18-/m0/s1. The van der Waals surface area contributed by atoms with Crippen molar-refractivity contribution < 1.29 is 19.0 Å². The Bertz CT molecular complexity index is 781. The lowest BCUT2D eigenvalue weighted by atomic mass is 10.1. The molecule has 1 amide bonds. The highest BCUT2D eigenvalue weighted by Gasteiger charge is 2.24. The van der Waals surface area contributed by atoms with Gasteiger partial charge in [0, 0.05) is 25.7 Å². The van der Waals surface area contributed by atoms with Crippen molar-refractivity contribution in [3.63, 3.8) is 0 Å². The van der Waals surface area contributed by atoms with Crippen LogP contribution in [0.4, 0.5) is 0 Å². The Labute approximate surface area is 159 Å². The second kappa shape index (κ2) is 8.39. The molecule has 6 heteroatoms. The van der Waals surface area contributed by atoms with Crippen molar-refractivity contribution in [2.24, 2.45) is 0 Å². The fraction of sp³-hybridized carbons (Fsp3) is 0.429. The molecule has 0 unspecified atom stereocenters. The van der Waals surface area contributed by atoms with Gasteiger partial charge in [0.2, 0.25) is 12.7 Å². The van der Waals surface area contributed by atoms with E-state index < -0.39 is 0 Å². The summed E-state index contributed by atoms with van der Waals surface area (Å²) < 4.78 is 16.7. The van der Waals surface area contributed by atoms with E-state index in [1.807, 2.05) is 41.3 Å². The van der Waals surface area contributed by atoms with Gasteiger partial charge in [0.15, 0.2) is 11.5 Å². The van der Waals surface area contributed by atoms with Crippen molar-refractivity contribution in [1.29, 1.82) is 0 Å². The van der Waals surface area contributed by atoms with Crippen LogP contribution >= 0.6 is 0 Å². The first-order valence-corrected chi connectivity index (χ1v) is 9.46. The lowest BCUT2D eigenvalue weighted by Gasteiger charge is -2.32. The largest absolute Gasteiger partial charge is 0.454 e. The zero-order valence-electron chi connectivity index (χ0n) is 15.3. The summed E-state index contributed by atoms with van der Waals surface area (Å²) in [5.41, 5.74) is 2.01. The lowest BCUT2D eigenvalue weighted by Crippen LogP contribution is -2.43. The molecule has 0 saturated carbocycles. The maximum atomic E-state index is 12.6. The van der Waals surface area contributed by atoms with E-state index in [9.17, 15) is 4.79 Å². The van der Waals surface area contributed by atoms with Gasteiger partial charge in [-0.1, -0.05) is 12.1 Å². The molecular formula is C21H24N2O4. The van der Waals surface area contributed by atoms with E-state index in [2.05, 4.69) is 4.98 Å². The molecule has 2 aromatic rings. The van der Waals surface area contributed by atoms with Crippen LogP contribution in [0.15, 0.2) is 42.6 Å². The van der Waals surface area contributed by atoms with Gasteiger partial charge in [-0.2, -0.15) is 0 Å². The second-order valence-electron chi connectivity index (χ2n) is 6.92. The number of carbonyl (C=O) groups is 1. The number of hydrogen-bond acceptors (Lipinski definition) is 5. The van der Waals surface area contributed by atoms with Crippen LogP contribution in [0.5, 0.6) is 11.5 Å². The Morgan fingerprint density at radius 3 is 3.04 bits per heavy atom. The quantitative estimate of drug-likeness (QED) is 0.785. The van der Waals surface area contributed by atoms with Crippen LogP contribution in [0.3, 0.4) is 0 Å². The van der Waals surface area contributed by atoms with Gasteiger partial charge in [-0.05, 0) is 49.1 Å². The smallest absolute Gasteiger partial charge is 0.231 e. The van der Waals surface area contributed by atoms with Gasteiger partial charge in [-0.25, -0.2) is 0 Å². The van der Waals surface area contributed by atoms with E-state index in [1.54, 1.807) is 6.20 Å². The van der Waals surface area contributed by atoms with Crippen LogP contribution in [0, 0.1) is 0 Å². The third-order valence-corrected chi connectivity index (χ3v) is 4.99. The topological polar surface area (TPSA) is 60.9 Å². The minimum Gasteiger partial charge on any atom is -0.454 e. The number of aromatic nitrogens is 1. The van der Waals surface area contributed by atoms with E-state index >= 15 is 0 Å². The van der Waals surface area contributed by atoms with Crippen LogP contribution in [0.2, 0.25) is 0 Å². The number of nitrogens with zero attached hydrogens (tertiary/aromatic N) is 2. The normalized spacial score (nSPS) is 18.5. The average molecular weight is 368 g/mol. The maximum Gasteiger partial charge on any atom is 0.231 e. The molecule has 3 heterocycles. The van der Waals surface area contributed by atoms with Gasteiger partial charge in [-0.15, -0.1) is 0 Å². The van der Waals surface area contributed by atoms with Crippen molar-refractivity contribution in [2.45, 2.75) is 38.4 Å². The summed E-state index contributed by atoms with van der Waals surface area (Å²) >= 11 is 0. The Morgan fingerprint density at radius 1 is 1.22 bits per heavy atom. The molecule has 0 radical (unpaired) electrons. The number of piperidine rings is 1. The van der Waals surface area contributed by atoms with Gasteiger partial charge in [0.05, 0.1) is 18.4 Å². The Balaban J connectivity index is 1.25. The van der Waals surface area contributed by atoms with Gasteiger partial charge in [-0.3, -0.25) is 9.78 Å². The summed E-state index contributed by atoms with van der Waals surface area (Å²) in [5, 5.41) is 0. The fourth-order valence-electron chi connectivity index (χ4n) is 3.49. The van der Waals surface area contributed by atoms with Crippen molar-refractivity contribution in [3.05, 3.63) is 53.9 Å². The van der Waals surface area contributed by atoms with Crippen molar-refractivity contribution in [2.75, 3.05) is 19.9 Å². The monoisotopic (exact) mass is 368 g/mol. The molecule has 27 heavy (non-hydrogen) atoms. The minimum absolute atomic E-state index is 0.0789. The Hall–Kier alpha value is -2.60. The van der Waals surface area contributed by atoms with E-state index in [0.29, 0.717) is 26.0 Å². The van der Waals surface area contributed by atoms with Crippen LogP contribution in [0.25, 0.3) is 0 Å². The number of pyridine rings is 1. The number of fused-ring (bicyclic) bond motifs is 1. The van der Waals surface area contributed by atoms with Crippen molar-refractivity contribution in [3.8, 4) is 11.5 Å². The van der Waals surface area contributed by atoms with Crippen LogP contribution < -0.4 is 9.47 Å². The highest BCUT2D eigenvalue weighted by molar-refractivity contribution is 5.76. The van der Waals surface area contributed by atoms with E-state index in [-0.39, 0.29) is 18.8 Å². The van der Waals surface area contributed by atoms with Crippen molar-refractivity contribution >= 4 is 5.91 Å². The number of amides is 1. The molecule has 1 aromatic carbocycles. The van der Waals surface area contributed by atoms with Crippen LogP contribution in [-0.2, 0) is 22.6 Å². The fourth-order valence-corrected chi connectivity index (χ4v) is 3.49.